The molecule has 0 N–H and O–H groups in total. The van der Waals surface area contributed by atoms with Crippen molar-refractivity contribution in [3.63, 3.8) is 0 Å². The molecule has 0 unspecified atom stereocenters. The van der Waals surface area contributed by atoms with Gasteiger partial charge in [-0.1, -0.05) is 0 Å². The van der Waals surface area contributed by atoms with Crippen LogP contribution in [-0.2, 0) is 24.1 Å². The number of fused-ring (bicyclic) bond motifs is 1. The van der Waals surface area contributed by atoms with E-state index < -0.39 is 0 Å². The van der Waals surface area contributed by atoms with Gasteiger partial charge in [0.05, 0.1) is 10.7 Å². The zero-order valence-corrected chi connectivity index (χ0v) is 13.0. The molecule has 1 aliphatic heterocycles. The summed E-state index contributed by atoms with van der Waals surface area (Å²) in [4.78, 5) is 22.7. The van der Waals surface area contributed by atoms with E-state index in [1.807, 2.05) is 16.2 Å². The second kappa shape index (κ2) is 6.22. The first-order valence-corrected chi connectivity index (χ1v) is 8.48. The molecule has 5 heteroatoms. The second-order valence-corrected chi connectivity index (χ2v) is 7.04. The third-order valence-electron chi connectivity index (χ3n) is 4.30. The van der Waals surface area contributed by atoms with E-state index in [0.717, 1.165) is 39.0 Å². The van der Waals surface area contributed by atoms with Gasteiger partial charge in [-0.05, 0) is 32.7 Å². The highest BCUT2D eigenvalue weighted by molar-refractivity contribution is 7.11. The molecule has 110 valence electrons. The maximum absolute atomic E-state index is 12.2. The molecule has 1 fully saturated rings. The Morgan fingerprint density at radius 2 is 1.95 bits per heavy atom. The fraction of sp³-hybridized carbons (Fsp3) is 0.733. The lowest BCUT2D eigenvalue weighted by Crippen LogP contribution is -2.47. The predicted octanol–water partition coefficient (Wildman–Crippen LogP) is 1.73. The Bertz CT molecular complexity index is 454. The smallest absolute Gasteiger partial charge is 0.223 e. The van der Waals surface area contributed by atoms with Crippen LogP contribution in [-0.4, -0.2) is 53.9 Å². The van der Waals surface area contributed by atoms with Gasteiger partial charge in [0.2, 0.25) is 5.91 Å². The Labute approximate surface area is 124 Å². The summed E-state index contributed by atoms with van der Waals surface area (Å²) in [6, 6.07) is 0. The van der Waals surface area contributed by atoms with E-state index in [4.69, 9.17) is 4.98 Å². The molecule has 1 aliphatic carbocycles. The van der Waals surface area contributed by atoms with Gasteiger partial charge < -0.3 is 9.80 Å². The number of thiazole rings is 1. The van der Waals surface area contributed by atoms with Crippen LogP contribution in [0, 0.1) is 0 Å². The van der Waals surface area contributed by atoms with Gasteiger partial charge in [-0.15, -0.1) is 11.3 Å². The standard InChI is InChI=1S/C15H23N3OS/c1-17-8-10-18(11-9-17)15(19)7-6-14-16-12-4-2-3-5-13(12)20-14/h2-11H2,1H3. The van der Waals surface area contributed by atoms with Crippen LogP contribution >= 0.6 is 11.3 Å². The number of piperazine rings is 1. The number of carbonyl (C=O) groups is 1. The van der Waals surface area contributed by atoms with E-state index in [1.54, 1.807) is 0 Å². The van der Waals surface area contributed by atoms with E-state index in [2.05, 4.69) is 11.9 Å². The number of hydrogen-bond donors (Lipinski definition) is 0. The Hall–Kier alpha value is -0.940. The van der Waals surface area contributed by atoms with E-state index in [0.29, 0.717) is 12.3 Å². The molecule has 0 aromatic carbocycles. The number of hydrogen-bond acceptors (Lipinski definition) is 4. The van der Waals surface area contributed by atoms with Gasteiger partial charge >= 0.3 is 0 Å². The van der Waals surface area contributed by atoms with Crippen molar-refractivity contribution in [3.05, 3.63) is 15.6 Å². The normalized spacial score (nSPS) is 19.9. The van der Waals surface area contributed by atoms with Crippen LogP contribution in [0.2, 0.25) is 0 Å². The summed E-state index contributed by atoms with van der Waals surface area (Å²) in [7, 11) is 2.11. The van der Waals surface area contributed by atoms with E-state index in [9.17, 15) is 4.79 Å². The SMILES string of the molecule is CN1CCN(C(=O)CCc2nc3c(s2)CCCC3)CC1. The summed E-state index contributed by atoms with van der Waals surface area (Å²) in [6.45, 7) is 3.75. The zero-order chi connectivity index (χ0) is 13.9. The maximum Gasteiger partial charge on any atom is 0.223 e. The highest BCUT2D eigenvalue weighted by atomic mass is 32.1. The number of aromatic nitrogens is 1. The molecule has 0 atom stereocenters. The molecule has 2 heterocycles. The lowest BCUT2D eigenvalue weighted by molar-refractivity contribution is -0.132. The summed E-state index contributed by atoms with van der Waals surface area (Å²) in [5.41, 5.74) is 1.31. The van der Waals surface area contributed by atoms with Crippen molar-refractivity contribution in [1.82, 2.24) is 14.8 Å². The lowest BCUT2D eigenvalue weighted by atomic mass is 10.0. The minimum Gasteiger partial charge on any atom is -0.340 e. The van der Waals surface area contributed by atoms with Crippen molar-refractivity contribution in [1.29, 1.82) is 0 Å². The average molecular weight is 293 g/mol. The summed E-state index contributed by atoms with van der Waals surface area (Å²) < 4.78 is 0. The van der Waals surface area contributed by atoms with Crippen molar-refractivity contribution in [3.8, 4) is 0 Å². The Balaban J connectivity index is 1.51. The van der Waals surface area contributed by atoms with Gasteiger partial charge in [0.15, 0.2) is 0 Å². The molecular formula is C15H23N3OS. The van der Waals surface area contributed by atoms with Crippen molar-refractivity contribution in [2.24, 2.45) is 0 Å². The van der Waals surface area contributed by atoms with Gasteiger partial charge in [-0.3, -0.25) is 4.79 Å². The summed E-state index contributed by atoms with van der Waals surface area (Å²) in [5.74, 6) is 0.297. The van der Waals surface area contributed by atoms with Crippen LogP contribution in [0.4, 0.5) is 0 Å². The minimum absolute atomic E-state index is 0.297. The molecule has 1 amide bonds. The quantitative estimate of drug-likeness (QED) is 0.851. The molecule has 1 aromatic rings. The Morgan fingerprint density at radius 3 is 2.70 bits per heavy atom. The van der Waals surface area contributed by atoms with E-state index >= 15 is 0 Å². The molecule has 0 radical (unpaired) electrons. The predicted molar refractivity (Wildman–Crippen MR) is 81.2 cm³/mol. The minimum atomic E-state index is 0.297. The number of aryl methyl sites for hydroxylation is 3. The van der Waals surface area contributed by atoms with Gasteiger partial charge in [0.25, 0.3) is 0 Å². The summed E-state index contributed by atoms with van der Waals surface area (Å²) >= 11 is 1.83. The number of amides is 1. The second-order valence-electron chi connectivity index (χ2n) is 5.87. The molecule has 4 nitrogen and oxygen atoms in total. The molecule has 2 aliphatic rings. The van der Waals surface area contributed by atoms with Gasteiger partial charge in [0, 0.05) is 43.9 Å². The third kappa shape index (κ3) is 3.20. The molecule has 1 saturated heterocycles. The van der Waals surface area contributed by atoms with Gasteiger partial charge in [-0.2, -0.15) is 0 Å². The van der Waals surface area contributed by atoms with Crippen LogP contribution in [0.5, 0.6) is 0 Å². The molecule has 1 aromatic heterocycles. The monoisotopic (exact) mass is 293 g/mol. The molecule has 0 saturated carbocycles. The van der Waals surface area contributed by atoms with E-state index in [-0.39, 0.29) is 0 Å². The summed E-state index contributed by atoms with van der Waals surface area (Å²) in [6.07, 6.45) is 6.35. The first-order chi connectivity index (χ1) is 9.72. The largest absolute Gasteiger partial charge is 0.340 e. The number of nitrogens with zero attached hydrogens (tertiary/aromatic N) is 3. The first-order valence-electron chi connectivity index (χ1n) is 7.66. The molecule has 20 heavy (non-hydrogen) atoms. The Kier molecular flexibility index (Phi) is 4.36. The van der Waals surface area contributed by atoms with Crippen LogP contribution in [0.1, 0.15) is 34.8 Å². The van der Waals surface area contributed by atoms with Crippen molar-refractivity contribution >= 4 is 17.2 Å². The molecule has 3 rings (SSSR count). The molecule has 0 spiro atoms. The Morgan fingerprint density at radius 1 is 1.20 bits per heavy atom. The highest BCUT2D eigenvalue weighted by Crippen LogP contribution is 2.27. The van der Waals surface area contributed by atoms with E-state index in [1.165, 1.54) is 34.8 Å². The van der Waals surface area contributed by atoms with Crippen molar-refractivity contribution in [2.75, 3.05) is 33.2 Å². The zero-order valence-electron chi connectivity index (χ0n) is 12.2. The van der Waals surface area contributed by atoms with Gasteiger partial charge in [0.1, 0.15) is 0 Å². The first kappa shape index (κ1) is 14.0. The highest BCUT2D eigenvalue weighted by Gasteiger charge is 2.20. The topological polar surface area (TPSA) is 36.4 Å². The lowest BCUT2D eigenvalue weighted by Gasteiger charge is -2.32. The number of likely N-dealkylation sites (N-methyl/N-ethyl adjacent to an activating group) is 1. The molecule has 0 bridgehead atoms. The van der Waals surface area contributed by atoms with Crippen molar-refractivity contribution in [2.45, 2.75) is 38.5 Å². The van der Waals surface area contributed by atoms with Crippen molar-refractivity contribution < 1.29 is 4.79 Å². The molecular weight excluding hydrogens is 270 g/mol. The van der Waals surface area contributed by atoms with Gasteiger partial charge in [-0.25, -0.2) is 4.98 Å². The van der Waals surface area contributed by atoms with Crippen LogP contribution in [0.3, 0.4) is 0 Å². The van der Waals surface area contributed by atoms with Crippen LogP contribution in [0.15, 0.2) is 0 Å². The fourth-order valence-corrected chi connectivity index (χ4v) is 4.10. The fourth-order valence-electron chi connectivity index (χ4n) is 2.94. The summed E-state index contributed by atoms with van der Waals surface area (Å²) in [5, 5.41) is 1.17. The maximum atomic E-state index is 12.2. The third-order valence-corrected chi connectivity index (χ3v) is 5.52. The number of rotatable bonds is 3. The average Bonchev–Trinajstić information content (AvgIpc) is 2.88. The van der Waals surface area contributed by atoms with Crippen LogP contribution in [0.25, 0.3) is 0 Å². The number of carbonyl (C=O) groups excluding carboxylic acids is 1. The van der Waals surface area contributed by atoms with Crippen LogP contribution < -0.4 is 0 Å².